The van der Waals surface area contributed by atoms with E-state index < -0.39 is 0 Å². The highest BCUT2D eigenvalue weighted by Crippen LogP contribution is 2.35. The van der Waals surface area contributed by atoms with Crippen LogP contribution in [0.15, 0.2) is 36.5 Å². The minimum Gasteiger partial charge on any atom is -0.256 e. The highest BCUT2D eigenvalue weighted by Gasteiger charge is 2.10. The number of hydrogen-bond acceptors (Lipinski definition) is 1. The van der Waals surface area contributed by atoms with Crippen molar-refractivity contribution in [1.29, 1.82) is 0 Å². The van der Waals surface area contributed by atoms with E-state index in [2.05, 4.69) is 4.98 Å². The van der Waals surface area contributed by atoms with Gasteiger partial charge in [0.2, 0.25) is 0 Å². The molecule has 2 rings (SSSR count). The van der Waals surface area contributed by atoms with Crippen molar-refractivity contribution in [3.63, 3.8) is 0 Å². The Morgan fingerprint density at radius 3 is 2.53 bits per heavy atom. The van der Waals surface area contributed by atoms with Crippen molar-refractivity contribution >= 4 is 23.2 Å². The van der Waals surface area contributed by atoms with Crippen LogP contribution in [0.25, 0.3) is 11.3 Å². The van der Waals surface area contributed by atoms with Gasteiger partial charge in [-0.3, -0.25) is 4.98 Å². The van der Waals surface area contributed by atoms with Gasteiger partial charge in [0.25, 0.3) is 0 Å². The maximum absolute atomic E-state index is 6.21. The molecule has 2 aromatic rings. The van der Waals surface area contributed by atoms with Crippen molar-refractivity contribution < 1.29 is 0 Å². The summed E-state index contributed by atoms with van der Waals surface area (Å²) in [4.78, 5) is 4.24. The van der Waals surface area contributed by atoms with E-state index in [9.17, 15) is 0 Å². The Hall–Kier alpha value is -1.05. The first-order valence-electron chi connectivity index (χ1n) is 4.56. The molecule has 0 aliphatic rings. The molecule has 0 spiro atoms. The Kier molecular flexibility index (Phi) is 2.94. The molecule has 76 valence electrons. The summed E-state index contributed by atoms with van der Waals surface area (Å²) in [5, 5.41) is 1.30. The third kappa shape index (κ3) is 1.99. The summed E-state index contributed by atoms with van der Waals surface area (Å²) >= 11 is 12.3. The van der Waals surface area contributed by atoms with Gasteiger partial charge in [-0.05, 0) is 30.7 Å². The van der Waals surface area contributed by atoms with Gasteiger partial charge in [0.05, 0.1) is 15.7 Å². The molecule has 1 aromatic heterocycles. The predicted octanol–water partition coefficient (Wildman–Crippen LogP) is 4.36. The molecule has 0 N–H and O–H groups in total. The predicted molar refractivity (Wildman–Crippen MR) is 64.4 cm³/mol. The Morgan fingerprint density at radius 2 is 1.87 bits per heavy atom. The second kappa shape index (κ2) is 4.21. The summed E-state index contributed by atoms with van der Waals surface area (Å²) in [5.41, 5.74) is 2.61. The van der Waals surface area contributed by atoms with Gasteiger partial charge < -0.3 is 0 Å². The number of benzene rings is 1. The van der Waals surface area contributed by atoms with Crippen LogP contribution in [-0.2, 0) is 0 Å². The largest absolute Gasteiger partial charge is 0.256 e. The van der Waals surface area contributed by atoms with Gasteiger partial charge >= 0.3 is 0 Å². The van der Waals surface area contributed by atoms with E-state index in [0.29, 0.717) is 10.0 Å². The number of aromatic nitrogens is 1. The van der Waals surface area contributed by atoms with Gasteiger partial charge in [-0.1, -0.05) is 35.3 Å². The van der Waals surface area contributed by atoms with Gasteiger partial charge in [0, 0.05) is 11.8 Å². The van der Waals surface area contributed by atoms with Crippen LogP contribution in [0.3, 0.4) is 0 Å². The van der Waals surface area contributed by atoms with Gasteiger partial charge in [-0.25, -0.2) is 0 Å². The number of halogens is 2. The SMILES string of the molecule is Cc1ccc(Cl)c(-c2ccccn2)c1Cl. The molecule has 15 heavy (non-hydrogen) atoms. The lowest BCUT2D eigenvalue weighted by Crippen LogP contribution is -1.87. The summed E-state index contributed by atoms with van der Waals surface area (Å²) in [6, 6.07) is 9.41. The molecule has 0 fully saturated rings. The van der Waals surface area contributed by atoms with E-state index in [1.807, 2.05) is 37.3 Å². The number of aryl methyl sites for hydroxylation is 1. The zero-order valence-electron chi connectivity index (χ0n) is 8.17. The average molecular weight is 238 g/mol. The minimum atomic E-state index is 0.629. The van der Waals surface area contributed by atoms with Crippen LogP contribution in [0.4, 0.5) is 0 Å². The zero-order chi connectivity index (χ0) is 10.8. The number of hydrogen-bond donors (Lipinski definition) is 0. The Bertz CT molecular complexity index is 480. The molecular weight excluding hydrogens is 229 g/mol. The van der Waals surface area contributed by atoms with E-state index >= 15 is 0 Å². The minimum absolute atomic E-state index is 0.629. The van der Waals surface area contributed by atoms with E-state index in [0.717, 1.165) is 16.8 Å². The van der Waals surface area contributed by atoms with E-state index in [1.165, 1.54) is 0 Å². The van der Waals surface area contributed by atoms with E-state index in [1.54, 1.807) is 6.20 Å². The molecule has 1 heterocycles. The summed E-state index contributed by atoms with van der Waals surface area (Å²) in [5.74, 6) is 0. The lowest BCUT2D eigenvalue weighted by atomic mass is 10.1. The summed E-state index contributed by atoms with van der Waals surface area (Å²) in [6.07, 6.45) is 1.73. The summed E-state index contributed by atoms with van der Waals surface area (Å²) < 4.78 is 0. The van der Waals surface area contributed by atoms with Gasteiger partial charge in [-0.2, -0.15) is 0 Å². The molecule has 0 unspecified atom stereocenters. The van der Waals surface area contributed by atoms with Crippen LogP contribution in [-0.4, -0.2) is 4.98 Å². The molecule has 0 radical (unpaired) electrons. The molecule has 0 amide bonds. The quantitative estimate of drug-likeness (QED) is 0.719. The van der Waals surface area contributed by atoms with Crippen LogP contribution in [0.1, 0.15) is 5.56 Å². The van der Waals surface area contributed by atoms with Crippen LogP contribution in [0, 0.1) is 6.92 Å². The number of nitrogens with zero attached hydrogens (tertiary/aromatic N) is 1. The molecule has 0 saturated carbocycles. The highest BCUT2D eigenvalue weighted by molar-refractivity contribution is 6.39. The third-order valence-electron chi connectivity index (χ3n) is 2.21. The van der Waals surface area contributed by atoms with E-state index in [4.69, 9.17) is 23.2 Å². The monoisotopic (exact) mass is 237 g/mol. The van der Waals surface area contributed by atoms with Gasteiger partial charge in [0.15, 0.2) is 0 Å². The lowest BCUT2D eigenvalue weighted by Gasteiger charge is -2.08. The van der Waals surface area contributed by atoms with Crippen molar-refractivity contribution in [2.75, 3.05) is 0 Å². The molecule has 1 aromatic carbocycles. The van der Waals surface area contributed by atoms with Crippen LogP contribution in [0.2, 0.25) is 10.0 Å². The lowest BCUT2D eigenvalue weighted by molar-refractivity contribution is 1.32. The maximum atomic E-state index is 6.21. The molecule has 3 heteroatoms. The Labute approximate surface area is 98.7 Å². The second-order valence-electron chi connectivity index (χ2n) is 3.27. The molecule has 0 aliphatic heterocycles. The average Bonchev–Trinajstić information content (AvgIpc) is 2.26. The maximum Gasteiger partial charge on any atom is 0.0732 e. The first-order chi connectivity index (χ1) is 7.20. The normalized spacial score (nSPS) is 10.3. The van der Waals surface area contributed by atoms with Gasteiger partial charge in [0.1, 0.15) is 0 Å². The van der Waals surface area contributed by atoms with Crippen LogP contribution >= 0.6 is 23.2 Å². The molecular formula is C12H9Cl2N. The van der Waals surface area contributed by atoms with Gasteiger partial charge in [-0.15, -0.1) is 0 Å². The fourth-order valence-corrected chi connectivity index (χ4v) is 1.97. The Morgan fingerprint density at radius 1 is 1.07 bits per heavy atom. The Balaban J connectivity index is 2.68. The summed E-state index contributed by atoms with van der Waals surface area (Å²) in [7, 11) is 0. The fraction of sp³-hybridized carbons (Fsp3) is 0.0833. The molecule has 0 aliphatic carbocycles. The second-order valence-corrected chi connectivity index (χ2v) is 4.05. The fourth-order valence-electron chi connectivity index (χ4n) is 1.40. The molecule has 0 bridgehead atoms. The van der Waals surface area contributed by atoms with E-state index in [-0.39, 0.29) is 0 Å². The topological polar surface area (TPSA) is 12.9 Å². The van der Waals surface area contributed by atoms with Crippen molar-refractivity contribution in [3.05, 3.63) is 52.1 Å². The zero-order valence-corrected chi connectivity index (χ0v) is 9.68. The van der Waals surface area contributed by atoms with Crippen LogP contribution < -0.4 is 0 Å². The van der Waals surface area contributed by atoms with Crippen molar-refractivity contribution in [2.24, 2.45) is 0 Å². The number of pyridine rings is 1. The molecule has 0 atom stereocenters. The highest BCUT2D eigenvalue weighted by atomic mass is 35.5. The standard InChI is InChI=1S/C12H9Cl2N/c1-8-5-6-9(13)11(12(8)14)10-4-2-3-7-15-10/h2-7H,1H3. The van der Waals surface area contributed by atoms with Crippen molar-refractivity contribution in [3.8, 4) is 11.3 Å². The first kappa shape index (κ1) is 10.5. The number of rotatable bonds is 1. The summed E-state index contributed by atoms with van der Waals surface area (Å²) in [6.45, 7) is 1.95. The molecule has 0 saturated heterocycles. The van der Waals surface area contributed by atoms with Crippen LogP contribution in [0.5, 0.6) is 0 Å². The molecule has 1 nitrogen and oxygen atoms in total. The smallest absolute Gasteiger partial charge is 0.0732 e. The first-order valence-corrected chi connectivity index (χ1v) is 5.32. The van der Waals surface area contributed by atoms with Crippen molar-refractivity contribution in [1.82, 2.24) is 4.98 Å². The third-order valence-corrected chi connectivity index (χ3v) is 3.01. The van der Waals surface area contributed by atoms with Crippen molar-refractivity contribution in [2.45, 2.75) is 6.92 Å².